The zero-order valence-corrected chi connectivity index (χ0v) is 14.4. The van der Waals surface area contributed by atoms with Crippen LogP contribution in [0.15, 0.2) is 50.3 Å². The molecule has 2 aromatic heterocycles. The quantitative estimate of drug-likeness (QED) is 0.513. The lowest BCUT2D eigenvalue weighted by Crippen LogP contribution is -1.90. The highest BCUT2D eigenvalue weighted by molar-refractivity contribution is 6.30. The van der Waals surface area contributed by atoms with Crippen LogP contribution in [0.3, 0.4) is 0 Å². The minimum absolute atomic E-state index is 0.0805. The number of halogens is 1. The fraction of sp³-hybridized carbons (Fsp3) is 0.167. The number of hydrogen-bond acceptors (Lipinski definition) is 6. The van der Waals surface area contributed by atoms with Gasteiger partial charge in [0.15, 0.2) is 0 Å². The van der Waals surface area contributed by atoms with Crippen molar-refractivity contribution in [3.05, 3.63) is 58.8 Å². The summed E-state index contributed by atoms with van der Waals surface area (Å²) in [6.07, 6.45) is 1.49. The van der Waals surface area contributed by atoms with Crippen LogP contribution in [0.25, 0.3) is 11.3 Å². The van der Waals surface area contributed by atoms with Gasteiger partial charge in [-0.25, -0.2) is 10.4 Å². The van der Waals surface area contributed by atoms with Gasteiger partial charge < -0.3 is 8.83 Å². The molecule has 0 spiro atoms. The summed E-state index contributed by atoms with van der Waals surface area (Å²) in [5, 5.41) is 13.8. The van der Waals surface area contributed by atoms with Gasteiger partial charge in [-0.2, -0.15) is 10.4 Å². The number of aromatic nitrogens is 1. The number of hydrogen-bond donors (Lipinski definition) is 1. The molecule has 1 aromatic carbocycles. The predicted octanol–water partition coefficient (Wildman–Crippen LogP) is 5.03. The van der Waals surface area contributed by atoms with Crippen LogP contribution in [0.5, 0.6) is 0 Å². The largest absolute Gasteiger partial charge is 0.455 e. The van der Waals surface area contributed by atoms with Crippen LogP contribution >= 0.6 is 11.6 Å². The molecule has 0 aliphatic rings. The highest BCUT2D eigenvalue weighted by Crippen LogP contribution is 2.25. The van der Waals surface area contributed by atoms with E-state index in [2.05, 4.69) is 15.5 Å². The average Bonchev–Trinajstić information content (AvgIpc) is 3.22. The van der Waals surface area contributed by atoms with Crippen LogP contribution in [0.4, 0.5) is 5.88 Å². The van der Waals surface area contributed by atoms with Crippen LogP contribution in [0.2, 0.25) is 5.02 Å². The van der Waals surface area contributed by atoms with Crippen LogP contribution in [-0.2, 0) is 0 Å². The summed E-state index contributed by atoms with van der Waals surface area (Å²) in [7, 11) is 0. The Balaban J connectivity index is 1.73. The smallest absolute Gasteiger partial charge is 0.252 e. The fourth-order valence-electron chi connectivity index (χ4n) is 2.11. The molecular formula is C18H15ClN4O2. The van der Waals surface area contributed by atoms with Gasteiger partial charge in [-0.05, 0) is 24.3 Å². The van der Waals surface area contributed by atoms with Crippen LogP contribution in [0, 0.1) is 11.3 Å². The molecule has 0 saturated heterocycles. The topological polar surface area (TPSA) is 87.4 Å². The van der Waals surface area contributed by atoms with Crippen LogP contribution in [0.1, 0.15) is 37.1 Å². The maximum Gasteiger partial charge on any atom is 0.252 e. The van der Waals surface area contributed by atoms with Gasteiger partial charge >= 0.3 is 0 Å². The van der Waals surface area contributed by atoms with Crippen molar-refractivity contribution in [2.75, 3.05) is 5.43 Å². The van der Waals surface area contributed by atoms with Crippen molar-refractivity contribution in [2.24, 2.45) is 5.10 Å². The SMILES string of the molecule is CC(C)c1nc(C#N)c(N/N=C/c2ccc(-c3cccc(Cl)c3)o2)o1. The maximum atomic E-state index is 9.09. The van der Waals surface area contributed by atoms with Crippen molar-refractivity contribution in [3.8, 4) is 17.4 Å². The summed E-state index contributed by atoms with van der Waals surface area (Å²) in [5.41, 5.74) is 3.73. The van der Waals surface area contributed by atoms with Crippen molar-refractivity contribution in [2.45, 2.75) is 19.8 Å². The van der Waals surface area contributed by atoms with Gasteiger partial charge in [0.05, 0.1) is 6.21 Å². The van der Waals surface area contributed by atoms with E-state index in [0.717, 1.165) is 5.56 Å². The highest BCUT2D eigenvalue weighted by Gasteiger charge is 2.14. The molecule has 3 aromatic rings. The first-order valence-corrected chi connectivity index (χ1v) is 8.00. The highest BCUT2D eigenvalue weighted by atomic mass is 35.5. The molecular weight excluding hydrogens is 340 g/mol. The summed E-state index contributed by atoms with van der Waals surface area (Å²) < 4.78 is 11.2. The summed E-state index contributed by atoms with van der Waals surface area (Å²) >= 11 is 5.98. The lowest BCUT2D eigenvalue weighted by molar-refractivity contribution is 0.481. The number of oxazole rings is 1. The van der Waals surface area contributed by atoms with Gasteiger partial charge in [-0.1, -0.05) is 37.6 Å². The normalized spacial score (nSPS) is 11.2. The minimum atomic E-state index is 0.0805. The Bertz CT molecular complexity index is 950. The third kappa shape index (κ3) is 3.90. The first-order valence-electron chi connectivity index (χ1n) is 7.62. The second-order valence-corrected chi connectivity index (χ2v) is 6.02. The van der Waals surface area contributed by atoms with Crippen molar-refractivity contribution in [3.63, 3.8) is 0 Å². The van der Waals surface area contributed by atoms with E-state index in [4.69, 9.17) is 25.7 Å². The van der Waals surface area contributed by atoms with Crippen molar-refractivity contribution in [1.82, 2.24) is 4.98 Å². The number of benzene rings is 1. The van der Waals surface area contributed by atoms with Gasteiger partial charge in [0.25, 0.3) is 5.88 Å². The summed E-state index contributed by atoms with van der Waals surface area (Å²) in [4.78, 5) is 4.11. The lowest BCUT2D eigenvalue weighted by atomic mass is 10.2. The Morgan fingerprint density at radius 2 is 2.12 bits per heavy atom. The maximum absolute atomic E-state index is 9.09. The zero-order chi connectivity index (χ0) is 17.8. The third-order valence-electron chi connectivity index (χ3n) is 3.34. The van der Waals surface area contributed by atoms with Gasteiger partial charge in [0, 0.05) is 16.5 Å². The molecule has 3 rings (SSSR count). The van der Waals surface area contributed by atoms with E-state index in [0.29, 0.717) is 22.4 Å². The number of hydrazone groups is 1. The van der Waals surface area contributed by atoms with Crippen LogP contribution < -0.4 is 5.43 Å². The molecule has 0 bridgehead atoms. The second-order valence-electron chi connectivity index (χ2n) is 5.58. The summed E-state index contributed by atoms with van der Waals surface area (Å²) in [5.74, 6) is 2.00. The number of furan rings is 1. The Morgan fingerprint density at radius 3 is 2.84 bits per heavy atom. The third-order valence-corrected chi connectivity index (χ3v) is 3.57. The van der Waals surface area contributed by atoms with E-state index < -0.39 is 0 Å². The van der Waals surface area contributed by atoms with E-state index >= 15 is 0 Å². The first kappa shape index (κ1) is 16.8. The molecule has 7 heteroatoms. The van der Waals surface area contributed by atoms with Crippen LogP contribution in [-0.4, -0.2) is 11.2 Å². The predicted molar refractivity (Wildman–Crippen MR) is 95.7 cm³/mol. The Kier molecular flexibility index (Phi) is 4.87. The molecule has 0 saturated carbocycles. The van der Waals surface area contributed by atoms with E-state index in [9.17, 15) is 0 Å². The monoisotopic (exact) mass is 354 g/mol. The molecule has 0 aliphatic heterocycles. The van der Waals surface area contributed by atoms with Gasteiger partial charge in [0.2, 0.25) is 11.6 Å². The van der Waals surface area contributed by atoms with E-state index in [1.165, 1.54) is 6.21 Å². The molecule has 0 unspecified atom stereocenters. The van der Waals surface area contributed by atoms with E-state index in [-0.39, 0.29) is 17.5 Å². The average molecular weight is 355 g/mol. The molecule has 2 heterocycles. The van der Waals surface area contributed by atoms with Crippen molar-refractivity contribution in [1.29, 1.82) is 5.26 Å². The fourth-order valence-corrected chi connectivity index (χ4v) is 2.30. The molecule has 0 amide bonds. The summed E-state index contributed by atoms with van der Waals surface area (Å²) in [6, 6.07) is 13.0. The number of nitrogens with zero attached hydrogens (tertiary/aromatic N) is 3. The Hall–Kier alpha value is -3.04. The molecule has 126 valence electrons. The van der Waals surface area contributed by atoms with Crippen molar-refractivity contribution >= 4 is 23.7 Å². The number of nitriles is 1. The van der Waals surface area contributed by atoms with Gasteiger partial charge in [-0.15, -0.1) is 0 Å². The molecule has 1 N–H and O–H groups in total. The standard InChI is InChI=1S/C18H15ClN4O2/c1-11(2)17-22-15(9-20)18(25-17)23-21-10-14-6-7-16(24-14)12-4-3-5-13(19)8-12/h3-8,10-11,23H,1-2H3/b21-10+. The minimum Gasteiger partial charge on any atom is -0.455 e. The van der Waals surface area contributed by atoms with E-state index in [1.54, 1.807) is 12.1 Å². The van der Waals surface area contributed by atoms with Gasteiger partial charge in [-0.3, -0.25) is 0 Å². The molecule has 25 heavy (non-hydrogen) atoms. The van der Waals surface area contributed by atoms with E-state index in [1.807, 2.05) is 44.2 Å². The molecule has 0 atom stereocenters. The lowest BCUT2D eigenvalue weighted by Gasteiger charge is -1.97. The Labute approximate surface area is 149 Å². The Morgan fingerprint density at radius 1 is 1.28 bits per heavy atom. The molecule has 0 aliphatic carbocycles. The number of rotatable bonds is 5. The zero-order valence-electron chi connectivity index (χ0n) is 13.7. The van der Waals surface area contributed by atoms with Crippen molar-refractivity contribution < 1.29 is 8.83 Å². The molecule has 6 nitrogen and oxygen atoms in total. The second kappa shape index (κ2) is 7.24. The first-order chi connectivity index (χ1) is 12.1. The summed E-state index contributed by atoms with van der Waals surface area (Å²) in [6.45, 7) is 3.86. The number of anilines is 1. The molecule has 0 radical (unpaired) electrons. The van der Waals surface area contributed by atoms with Gasteiger partial charge in [0.1, 0.15) is 17.6 Å². The number of nitrogens with one attached hydrogen (secondary N) is 1. The molecule has 0 fully saturated rings.